The second-order valence-corrected chi connectivity index (χ2v) is 18.8. The Bertz CT molecular complexity index is 4180. The predicted molar refractivity (Wildman–Crippen MR) is 313 cm³/mol. The summed E-state index contributed by atoms with van der Waals surface area (Å²) in [5, 5.41) is 6.50. The second kappa shape index (κ2) is 23.3. The molecule has 0 amide bonds. The molecule has 8 aromatic carbocycles. The van der Waals surface area contributed by atoms with Crippen molar-refractivity contribution in [2.75, 3.05) is 0 Å². The summed E-state index contributed by atoms with van der Waals surface area (Å²) in [7, 11) is 0. The van der Waals surface area contributed by atoms with Crippen LogP contribution in [0.4, 0.5) is 0 Å². The van der Waals surface area contributed by atoms with Gasteiger partial charge in [0.25, 0.3) is 0 Å². The molecule has 0 bridgehead atoms. The van der Waals surface area contributed by atoms with Crippen LogP contribution in [-0.4, -0.2) is 39.9 Å². The number of aryl methyl sites for hydroxylation is 2. The van der Waals surface area contributed by atoms with E-state index in [9.17, 15) is 0 Å². The molecule has 0 N–H and O–H groups in total. The number of pyridine rings is 6. The molecule has 0 aliphatic rings. The van der Waals surface area contributed by atoms with Gasteiger partial charge in [0.2, 0.25) is 0 Å². The molecule has 0 saturated heterocycles. The molecule has 0 atom stereocenters. The number of hydrogen-bond donors (Lipinski definition) is 0. The molecule has 0 radical (unpaired) electrons. The minimum absolute atomic E-state index is 0. The number of hydrogen-bond acceptors (Lipinski definition) is 8. The Kier molecular flexibility index (Phi) is 15.8. The van der Waals surface area contributed by atoms with Crippen LogP contribution in [0.15, 0.2) is 243 Å². The summed E-state index contributed by atoms with van der Waals surface area (Å²) >= 11 is 0. The van der Waals surface area contributed by atoms with Gasteiger partial charge in [-0.25, -0.2) is 9.97 Å². The fourth-order valence-corrected chi connectivity index (χ4v) is 10.4. The zero-order valence-electron chi connectivity index (χ0n) is 42.8. The normalized spacial score (nSPS) is 10.9. The largest absolute Gasteiger partial charge is 2.00 e. The minimum atomic E-state index is 0. The van der Waals surface area contributed by atoms with E-state index < -0.39 is 0 Å². The quantitative estimate of drug-likeness (QED) is 0.0975. The monoisotopic (exact) mass is 1150 g/mol. The average molecular weight is 1150 g/mol. The molecular weight excluding hydrogens is 1100 g/mol. The molecule has 11 heteroatoms. The first-order valence-electron chi connectivity index (χ1n) is 25.3. The van der Waals surface area contributed by atoms with Crippen molar-refractivity contribution < 1.29 is 44.3 Å². The van der Waals surface area contributed by atoms with Gasteiger partial charge in [0.1, 0.15) is 0 Å². The van der Waals surface area contributed by atoms with E-state index in [1.165, 1.54) is 55.6 Å². The van der Waals surface area contributed by atoms with Crippen LogP contribution >= 0.6 is 0 Å². The molecule has 15 aromatic rings. The number of fused-ring (bicyclic) bond motifs is 13. The first-order chi connectivity index (χ1) is 37.6. The summed E-state index contributed by atoms with van der Waals surface area (Å²) < 4.78 is 0. The van der Waals surface area contributed by atoms with Gasteiger partial charge in [0.15, 0.2) is 0 Å². The molecule has 0 spiro atoms. The van der Waals surface area contributed by atoms with Crippen molar-refractivity contribution in [3.8, 4) is 44.5 Å². The van der Waals surface area contributed by atoms with Gasteiger partial charge in [-0.15, -0.1) is 0 Å². The van der Waals surface area contributed by atoms with Crippen LogP contribution < -0.4 is 24.8 Å². The molecule has 7 heterocycles. The molecule has 380 valence electrons. The Hall–Kier alpha value is -8.98. The van der Waals surface area contributed by atoms with Crippen molar-refractivity contribution in [2.24, 2.45) is 0 Å². The van der Waals surface area contributed by atoms with E-state index in [1.807, 2.05) is 73.3 Å². The van der Waals surface area contributed by atoms with Crippen LogP contribution in [0.1, 0.15) is 11.1 Å². The number of halogens is 2. The summed E-state index contributed by atoms with van der Waals surface area (Å²) in [6.07, 6.45) is 11.1. The molecule has 0 unspecified atom stereocenters. The van der Waals surface area contributed by atoms with E-state index in [1.54, 1.807) is 12.4 Å². The van der Waals surface area contributed by atoms with E-state index in [2.05, 4.69) is 201 Å². The van der Waals surface area contributed by atoms with E-state index in [-0.39, 0.29) is 44.3 Å². The third-order valence-corrected chi connectivity index (χ3v) is 14.2. The predicted octanol–water partition coefficient (Wildman–Crippen LogP) is 10.7. The Morgan fingerprint density at radius 1 is 0.241 bits per heavy atom. The summed E-state index contributed by atoms with van der Waals surface area (Å²) in [5.41, 5.74) is 21.1. The zero-order valence-corrected chi connectivity index (χ0v) is 46.0. The van der Waals surface area contributed by atoms with Gasteiger partial charge < -0.3 is 24.8 Å². The molecule has 0 saturated carbocycles. The number of nitrogens with zero attached hydrogens (tertiary/aromatic N) is 8. The van der Waals surface area contributed by atoms with Crippen molar-refractivity contribution in [3.63, 3.8) is 0 Å². The van der Waals surface area contributed by atoms with Crippen LogP contribution in [0.25, 0.3) is 132 Å². The van der Waals surface area contributed by atoms with Crippen molar-refractivity contribution in [1.29, 1.82) is 0 Å². The van der Waals surface area contributed by atoms with E-state index >= 15 is 0 Å². The third-order valence-electron chi connectivity index (χ3n) is 14.2. The van der Waals surface area contributed by atoms with Gasteiger partial charge in [-0.3, -0.25) is 29.9 Å². The van der Waals surface area contributed by atoms with Crippen LogP contribution in [0.5, 0.6) is 0 Å². The third kappa shape index (κ3) is 10.1. The zero-order chi connectivity index (χ0) is 51.0. The summed E-state index contributed by atoms with van der Waals surface area (Å²) in [5.74, 6) is 0. The Morgan fingerprint density at radius 2 is 0.494 bits per heavy atom. The van der Waals surface area contributed by atoms with Gasteiger partial charge in [-0.05, 0) is 130 Å². The Balaban J connectivity index is 0.000000131. The maximum absolute atomic E-state index is 4.93. The molecule has 7 aromatic heterocycles. The molecule has 0 aliphatic heterocycles. The first kappa shape index (κ1) is 53.4. The maximum atomic E-state index is 4.93. The van der Waals surface area contributed by atoms with Crippen LogP contribution in [0.2, 0.25) is 0 Å². The summed E-state index contributed by atoms with van der Waals surface area (Å²) in [4.78, 5) is 37.6. The smallest absolute Gasteiger partial charge is 1.00 e. The number of aromatic nitrogens is 8. The van der Waals surface area contributed by atoms with E-state index in [0.29, 0.717) is 0 Å². The summed E-state index contributed by atoms with van der Waals surface area (Å²) in [6.45, 7) is 4.20. The molecule has 15 rings (SSSR count). The summed E-state index contributed by atoms with van der Waals surface area (Å²) in [6, 6.07) is 70.8. The van der Waals surface area contributed by atoms with Gasteiger partial charge in [0.05, 0.1) is 55.2 Å². The van der Waals surface area contributed by atoms with Crippen molar-refractivity contribution in [2.45, 2.75) is 13.8 Å². The van der Waals surface area contributed by atoms with Crippen molar-refractivity contribution >= 4 is 87.5 Å². The molecule has 8 nitrogen and oxygen atoms in total. The number of rotatable bonds is 4. The van der Waals surface area contributed by atoms with Crippen LogP contribution in [0, 0.1) is 13.8 Å². The first-order valence-corrected chi connectivity index (χ1v) is 25.3. The fraction of sp³-hybridized carbons (Fsp3) is 0.0294. The van der Waals surface area contributed by atoms with Crippen LogP contribution in [0.3, 0.4) is 0 Å². The van der Waals surface area contributed by atoms with Crippen molar-refractivity contribution in [3.05, 3.63) is 255 Å². The standard InChI is InChI=1S/2C24H16N2.C20H14N4.2ClH.Ru/c2*1-3-7-17(8-4-1)19-13-15-25-23-21(19)11-12-22-20(14-16-26-24(22)23)18-9-5-2-6-10-18;1-11-9-15-16(10-12(11)2)24-20-14-6-4-8-22-18(14)17-13(19(20)23-15)5-3-7-21-17;;;/h2*1-16H;3-10H,1-2H3;2*1H;/q;;;;;+2/p-2. The molecule has 0 fully saturated rings. The molecule has 0 aliphatic carbocycles. The van der Waals surface area contributed by atoms with Gasteiger partial charge >= 0.3 is 19.5 Å². The second-order valence-electron chi connectivity index (χ2n) is 18.8. The number of benzene rings is 8. The van der Waals surface area contributed by atoms with Gasteiger partial charge in [0, 0.05) is 69.5 Å². The topological polar surface area (TPSA) is 103 Å². The van der Waals surface area contributed by atoms with Crippen molar-refractivity contribution in [1.82, 2.24) is 39.9 Å². The van der Waals surface area contributed by atoms with E-state index in [4.69, 9.17) is 9.97 Å². The minimum Gasteiger partial charge on any atom is -1.00 e. The van der Waals surface area contributed by atoms with Crippen LogP contribution in [-0.2, 0) is 19.5 Å². The van der Waals surface area contributed by atoms with Gasteiger partial charge in [-0.2, -0.15) is 0 Å². The maximum Gasteiger partial charge on any atom is 2.00 e. The molecular formula is C68H46Cl2N8Ru. The fourth-order valence-electron chi connectivity index (χ4n) is 10.4. The molecule has 79 heavy (non-hydrogen) atoms. The average Bonchev–Trinajstić information content (AvgIpc) is 3.69. The van der Waals surface area contributed by atoms with E-state index in [0.717, 1.165) is 87.5 Å². The van der Waals surface area contributed by atoms with Gasteiger partial charge in [-0.1, -0.05) is 146 Å². The SMILES string of the molecule is Cc1cc2nc3c4cccnc4c4ncccc4c3nc2cc1C.[Cl-].[Cl-].[Ru+2].c1ccc(-c2ccnc3c2ccc2c(-c4ccccc4)ccnc23)cc1.c1ccc(-c2ccnc3c2ccc2c(-c4ccccc4)ccnc23)cc1. The Morgan fingerprint density at radius 3 is 0.772 bits per heavy atom. The Labute approximate surface area is 481 Å².